The Labute approximate surface area is 141 Å². The van der Waals surface area contributed by atoms with Gasteiger partial charge in [0.2, 0.25) is 0 Å². The van der Waals surface area contributed by atoms with E-state index >= 15 is 0 Å². The summed E-state index contributed by atoms with van der Waals surface area (Å²) in [6, 6.07) is 16.1. The van der Waals surface area contributed by atoms with Crippen LogP contribution in [0.4, 0.5) is 0 Å². The van der Waals surface area contributed by atoms with Crippen LogP contribution in [-0.4, -0.2) is 28.0 Å². The first kappa shape index (κ1) is 14.9. The fourth-order valence-corrected chi connectivity index (χ4v) is 3.20. The van der Waals surface area contributed by atoms with E-state index in [1.165, 1.54) is 0 Å². The van der Waals surface area contributed by atoms with Crippen LogP contribution in [0.25, 0.3) is 22.2 Å². The monoisotopic (exact) mass is 320 g/mol. The molecular weight excluding hydrogens is 300 g/mol. The first-order valence-corrected chi connectivity index (χ1v) is 8.42. The number of carbonyl (C=O) groups is 1. The van der Waals surface area contributed by atoms with Crippen LogP contribution in [0.1, 0.15) is 37.0 Å². The zero-order chi connectivity index (χ0) is 16.7. The Bertz CT molecular complexity index is 877. The average Bonchev–Trinajstić information content (AvgIpc) is 3.32. The number of hydrogen-bond acceptors (Lipinski definition) is 3. The van der Waals surface area contributed by atoms with Gasteiger partial charge in [0, 0.05) is 23.2 Å². The predicted octanol–water partition coefficient (Wildman–Crippen LogP) is 4.51. The SMILES string of the molecule is CC(C)N(C(=O)c1ccc2noc(-c3ccccc3)c2c1)C1CC1. The standard InChI is InChI=1S/C20H20N2O2/c1-13(2)22(16-9-10-16)20(23)15-8-11-18-17(12-15)19(24-21-18)14-6-4-3-5-7-14/h3-8,11-13,16H,9-10H2,1-2H3. The summed E-state index contributed by atoms with van der Waals surface area (Å²) in [6.45, 7) is 4.15. The molecule has 0 bridgehead atoms. The highest BCUT2D eigenvalue weighted by molar-refractivity contribution is 6.01. The van der Waals surface area contributed by atoms with Crippen molar-refractivity contribution in [3.8, 4) is 11.3 Å². The molecule has 4 nitrogen and oxygen atoms in total. The van der Waals surface area contributed by atoms with Gasteiger partial charge in [0.25, 0.3) is 5.91 Å². The molecule has 1 amide bonds. The molecule has 1 fully saturated rings. The fourth-order valence-electron chi connectivity index (χ4n) is 3.20. The van der Waals surface area contributed by atoms with Gasteiger partial charge >= 0.3 is 0 Å². The number of amides is 1. The molecule has 0 saturated heterocycles. The molecule has 2 aromatic carbocycles. The minimum atomic E-state index is 0.0922. The smallest absolute Gasteiger partial charge is 0.254 e. The van der Waals surface area contributed by atoms with E-state index in [9.17, 15) is 4.79 Å². The normalized spacial score (nSPS) is 14.3. The molecule has 4 heteroatoms. The molecule has 0 atom stereocenters. The molecule has 0 unspecified atom stereocenters. The van der Waals surface area contributed by atoms with Crippen molar-refractivity contribution >= 4 is 16.8 Å². The molecule has 4 rings (SSSR count). The van der Waals surface area contributed by atoms with E-state index in [2.05, 4.69) is 19.0 Å². The molecule has 24 heavy (non-hydrogen) atoms. The van der Waals surface area contributed by atoms with E-state index in [1.54, 1.807) is 0 Å². The molecule has 0 spiro atoms. The second kappa shape index (κ2) is 5.78. The number of hydrogen-bond donors (Lipinski definition) is 0. The van der Waals surface area contributed by atoms with Crippen LogP contribution in [0.15, 0.2) is 53.1 Å². The van der Waals surface area contributed by atoms with E-state index in [0.717, 1.165) is 29.3 Å². The largest absolute Gasteiger partial charge is 0.355 e. The van der Waals surface area contributed by atoms with Gasteiger partial charge in [0.15, 0.2) is 5.76 Å². The highest BCUT2D eigenvalue weighted by Gasteiger charge is 2.34. The Kier molecular flexibility index (Phi) is 3.60. The topological polar surface area (TPSA) is 46.3 Å². The summed E-state index contributed by atoms with van der Waals surface area (Å²) in [5.41, 5.74) is 2.43. The van der Waals surface area contributed by atoms with E-state index < -0.39 is 0 Å². The zero-order valence-corrected chi connectivity index (χ0v) is 13.9. The highest BCUT2D eigenvalue weighted by atomic mass is 16.5. The summed E-state index contributed by atoms with van der Waals surface area (Å²) in [5.74, 6) is 0.803. The molecular formula is C20H20N2O2. The maximum Gasteiger partial charge on any atom is 0.254 e. The Morgan fingerprint density at radius 3 is 2.58 bits per heavy atom. The number of fused-ring (bicyclic) bond motifs is 1. The Morgan fingerprint density at radius 2 is 1.92 bits per heavy atom. The van der Waals surface area contributed by atoms with Gasteiger partial charge < -0.3 is 9.42 Å². The number of benzene rings is 2. The summed E-state index contributed by atoms with van der Waals surface area (Å²) in [5, 5.41) is 5.00. The Morgan fingerprint density at radius 1 is 1.17 bits per heavy atom. The third kappa shape index (κ3) is 2.58. The van der Waals surface area contributed by atoms with Crippen molar-refractivity contribution in [1.29, 1.82) is 0 Å². The molecule has 1 aliphatic carbocycles. The molecule has 3 aromatic rings. The van der Waals surface area contributed by atoms with Gasteiger partial charge in [-0.05, 0) is 44.9 Å². The van der Waals surface area contributed by atoms with Crippen LogP contribution in [0, 0.1) is 0 Å². The lowest BCUT2D eigenvalue weighted by atomic mass is 10.1. The maximum absolute atomic E-state index is 13.0. The van der Waals surface area contributed by atoms with Crippen molar-refractivity contribution in [3.63, 3.8) is 0 Å². The van der Waals surface area contributed by atoms with Gasteiger partial charge in [-0.3, -0.25) is 4.79 Å². The average molecular weight is 320 g/mol. The number of rotatable bonds is 4. The van der Waals surface area contributed by atoms with Crippen molar-refractivity contribution < 1.29 is 9.32 Å². The quantitative estimate of drug-likeness (QED) is 0.710. The van der Waals surface area contributed by atoms with Crippen LogP contribution < -0.4 is 0 Å². The van der Waals surface area contributed by atoms with Crippen LogP contribution in [0.5, 0.6) is 0 Å². The second-order valence-corrected chi connectivity index (χ2v) is 6.65. The van der Waals surface area contributed by atoms with Gasteiger partial charge in [-0.15, -0.1) is 0 Å². The van der Waals surface area contributed by atoms with Crippen molar-refractivity contribution in [1.82, 2.24) is 10.1 Å². The van der Waals surface area contributed by atoms with Crippen LogP contribution in [0.2, 0.25) is 0 Å². The van der Waals surface area contributed by atoms with Crippen LogP contribution >= 0.6 is 0 Å². The van der Waals surface area contributed by atoms with Crippen molar-refractivity contribution in [3.05, 3.63) is 54.1 Å². The second-order valence-electron chi connectivity index (χ2n) is 6.65. The summed E-state index contributed by atoms with van der Waals surface area (Å²) < 4.78 is 5.53. The lowest BCUT2D eigenvalue weighted by Gasteiger charge is -2.26. The molecule has 1 aliphatic rings. The molecule has 1 heterocycles. The summed E-state index contributed by atoms with van der Waals surface area (Å²) in [4.78, 5) is 15.0. The molecule has 0 aliphatic heterocycles. The molecule has 122 valence electrons. The first-order chi connectivity index (χ1) is 11.6. The minimum absolute atomic E-state index is 0.0922. The molecule has 0 radical (unpaired) electrons. The van der Waals surface area contributed by atoms with Crippen LogP contribution in [0.3, 0.4) is 0 Å². The lowest BCUT2D eigenvalue weighted by molar-refractivity contribution is 0.0690. The maximum atomic E-state index is 13.0. The summed E-state index contributed by atoms with van der Waals surface area (Å²) in [7, 11) is 0. The van der Waals surface area contributed by atoms with Gasteiger partial charge in [-0.1, -0.05) is 35.5 Å². The van der Waals surface area contributed by atoms with E-state index in [4.69, 9.17) is 4.52 Å². The highest BCUT2D eigenvalue weighted by Crippen LogP contribution is 2.32. The van der Waals surface area contributed by atoms with E-state index in [0.29, 0.717) is 17.4 Å². The minimum Gasteiger partial charge on any atom is -0.355 e. The molecule has 1 saturated carbocycles. The summed E-state index contributed by atoms with van der Waals surface area (Å²) in [6.07, 6.45) is 2.21. The lowest BCUT2D eigenvalue weighted by Crippen LogP contribution is -2.38. The number of aromatic nitrogens is 1. The van der Waals surface area contributed by atoms with Crippen molar-refractivity contribution in [2.45, 2.75) is 38.8 Å². The van der Waals surface area contributed by atoms with Gasteiger partial charge in [0.1, 0.15) is 5.52 Å². The van der Waals surface area contributed by atoms with Gasteiger partial charge in [0.05, 0.1) is 5.39 Å². The van der Waals surface area contributed by atoms with E-state index in [-0.39, 0.29) is 11.9 Å². The van der Waals surface area contributed by atoms with E-state index in [1.807, 2.05) is 53.4 Å². The number of carbonyl (C=O) groups excluding carboxylic acids is 1. The van der Waals surface area contributed by atoms with Crippen molar-refractivity contribution in [2.24, 2.45) is 0 Å². The Hall–Kier alpha value is -2.62. The van der Waals surface area contributed by atoms with Gasteiger partial charge in [-0.25, -0.2) is 0 Å². The van der Waals surface area contributed by atoms with Crippen LogP contribution in [-0.2, 0) is 0 Å². The Balaban J connectivity index is 1.76. The third-order valence-electron chi connectivity index (χ3n) is 4.49. The number of nitrogens with zero attached hydrogens (tertiary/aromatic N) is 2. The predicted molar refractivity (Wildman–Crippen MR) is 93.8 cm³/mol. The van der Waals surface area contributed by atoms with Crippen molar-refractivity contribution in [2.75, 3.05) is 0 Å². The third-order valence-corrected chi connectivity index (χ3v) is 4.49. The zero-order valence-electron chi connectivity index (χ0n) is 13.9. The molecule has 0 N–H and O–H groups in total. The molecule has 1 aromatic heterocycles. The summed E-state index contributed by atoms with van der Waals surface area (Å²) >= 11 is 0. The first-order valence-electron chi connectivity index (χ1n) is 8.42. The fraction of sp³-hybridized carbons (Fsp3) is 0.300. The van der Waals surface area contributed by atoms with Gasteiger partial charge in [-0.2, -0.15) is 0 Å².